The highest BCUT2D eigenvalue weighted by Gasteiger charge is 2.31. The van der Waals surface area contributed by atoms with Crippen molar-refractivity contribution in [1.82, 2.24) is 14.9 Å². The van der Waals surface area contributed by atoms with Crippen molar-refractivity contribution in [2.75, 3.05) is 0 Å². The standard InChI is InChI=1S/C21H18FN3O4/c1-21(2,3)29-20(28)23-10-11-5-4-6-14-16(11)19(27)25-15-8-7-12(22)9-13(15)17(26)18(25)24-14/h4-9H,10H2,1-3H3,(H,23,28). The van der Waals surface area contributed by atoms with Crippen molar-refractivity contribution in [1.29, 1.82) is 0 Å². The monoisotopic (exact) mass is 395 g/mol. The number of ketones is 1. The Morgan fingerprint density at radius 1 is 1.21 bits per heavy atom. The highest BCUT2D eigenvalue weighted by molar-refractivity contribution is 6.13. The molecular formula is C21H18FN3O4. The summed E-state index contributed by atoms with van der Waals surface area (Å²) in [6.07, 6.45) is -0.611. The van der Waals surface area contributed by atoms with Gasteiger partial charge >= 0.3 is 6.09 Å². The average Bonchev–Trinajstić information content (AvgIpc) is 2.91. The molecule has 4 rings (SSSR count). The molecule has 0 unspecified atom stereocenters. The number of halogens is 1. The quantitative estimate of drug-likeness (QED) is 0.563. The molecule has 148 valence electrons. The second-order valence-corrected chi connectivity index (χ2v) is 7.73. The second-order valence-electron chi connectivity index (χ2n) is 7.73. The highest BCUT2D eigenvalue weighted by atomic mass is 19.1. The molecule has 0 fully saturated rings. The van der Waals surface area contributed by atoms with Gasteiger partial charge < -0.3 is 10.1 Å². The predicted octanol–water partition coefficient (Wildman–Crippen LogP) is 3.09. The van der Waals surface area contributed by atoms with Crippen LogP contribution in [-0.2, 0) is 11.3 Å². The summed E-state index contributed by atoms with van der Waals surface area (Å²) in [5.41, 5.74) is 0.143. The summed E-state index contributed by atoms with van der Waals surface area (Å²) >= 11 is 0. The molecule has 0 spiro atoms. The number of fused-ring (bicyclic) bond motifs is 4. The van der Waals surface area contributed by atoms with Crippen LogP contribution in [0.2, 0.25) is 0 Å². The molecule has 0 bridgehead atoms. The van der Waals surface area contributed by atoms with E-state index in [-0.39, 0.29) is 23.3 Å². The maximum absolute atomic E-state index is 13.6. The lowest BCUT2D eigenvalue weighted by Crippen LogP contribution is -2.32. The Labute approximate surface area is 165 Å². The fourth-order valence-corrected chi connectivity index (χ4v) is 3.31. The number of benzene rings is 2. The van der Waals surface area contributed by atoms with Gasteiger partial charge in [0.2, 0.25) is 5.78 Å². The molecule has 2 aromatic carbocycles. The Balaban J connectivity index is 1.80. The molecule has 0 saturated carbocycles. The van der Waals surface area contributed by atoms with E-state index in [0.29, 0.717) is 16.8 Å². The third-order valence-electron chi connectivity index (χ3n) is 4.45. The third kappa shape index (κ3) is 3.26. The molecule has 3 aromatic rings. The summed E-state index contributed by atoms with van der Waals surface area (Å²) in [5.74, 6) is -1.12. The molecule has 29 heavy (non-hydrogen) atoms. The Morgan fingerprint density at radius 3 is 2.69 bits per heavy atom. The fourth-order valence-electron chi connectivity index (χ4n) is 3.31. The lowest BCUT2D eigenvalue weighted by molar-refractivity contribution is 0.0523. The van der Waals surface area contributed by atoms with Gasteiger partial charge in [0.25, 0.3) is 5.56 Å². The van der Waals surface area contributed by atoms with Gasteiger partial charge in [-0.15, -0.1) is 0 Å². The highest BCUT2D eigenvalue weighted by Crippen LogP contribution is 2.27. The summed E-state index contributed by atoms with van der Waals surface area (Å²) in [5, 5.41) is 2.90. The van der Waals surface area contributed by atoms with E-state index in [4.69, 9.17) is 4.74 Å². The minimum atomic E-state index is -0.649. The number of ether oxygens (including phenoxy) is 1. The van der Waals surface area contributed by atoms with Crippen molar-refractivity contribution in [3.8, 4) is 5.69 Å². The number of alkyl carbamates (subject to hydrolysis) is 1. The molecular weight excluding hydrogens is 377 g/mol. The van der Waals surface area contributed by atoms with Crippen LogP contribution in [0.1, 0.15) is 42.5 Å². The van der Waals surface area contributed by atoms with Crippen molar-refractivity contribution >= 4 is 22.8 Å². The van der Waals surface area contributed by atoms with Crippen LogP contribution in [0.3, 0.4) is 0 Å². The maximum Gasteiger partial charge on any atom is 0.407 e. The molecule has 7 nitrogen and oxygen atoms in total. The lowest BCUT2D eigenvalue weighted by Gasteiger charge is -2.19. The average molecular weight is 395 g/mol. The fraction of sp³-hybridized carbons (Fsp3) is 0.238. The minimum absolute atomic E-state index is 0.0484. The van der Waals surface area contributed by atoms with Gasteiger partial charge in [-0.05, 0) is 50.6 Å². The van der Waals surface area contributed by atoms with Crippen LogP contribution in [0.15, 0.2) is 41.2 Å². The first kappa shape index (κ1) is 18.8. The molecule has 0 radical (unpaired) electrons. The number of nitrogens with zero attached hydrogens (tertiary/aromatic N) is 2. The largest absolute Gasteiger partial charge is 0.444 e. The Hall–Kier alpha value is -3.55. The van der Waals surface area contributed by atoms with Crippen molar-refractivity contribution < 1.29 is 18.7 Å². The molecule has 1 aliphatic heterocycles. The van der Waals surface area contributed by atoms with E-state index >= 15 is 0 Å². The molecule has 2 heterocycles. The van der Waals surface area contributed by atoms with Crippen LogP contribution in [0, 0.1) is 5.82 Å². The van der Waals surface area contributed by atoms with Crippen LogP contribution in [0.4, 0.5) is 9.18 Å². The molecule has 0 saturated heterocycles. The van der Waals surface area contributed by atoms with Gasteiger partial charge in [0.15, 0.2) is 5.82 Å². The Kier molecular flexibility index (Phi) is 4.22. The number of hydrogen-bond donors (Lipinski definition) is 1. The van der Waals surface area contributed by atoms with Crippen LogP contribution in [0.5, 0.6) is 0 Å². The first-order valence-corrected chi connectivity index (χ1v) is 9.02. The van der Waals surface area contributed by atoms with Crippen molar-refractivity contribution in [2.24, 2.45) is 0 Å². The van der Waals surface area contributed by atoms with Gasteiger partial charge in [-0.1, -0.05) is 12.1 Å². The number of carbonyl (C=O) groups is 2. The number of aromatic nitrogens is 2. The molecule has 1 aliphatic rings. The minimum Gasteiger partial charge on any atom is -0.444 e. The van der Waals surface area contributed by atoms with Gasteiger partial charge in [0, 0.05) is 6.54 Å². The van der Waals surface area contributed by atoms with Gasteiger partial charge in [-0.2, -0.15) is 0 Å². The van der Waals surface area contributed by atoms with Gasteiger partial charge in [0.1, 0.15) is 11.4 Å². The topological polar surface area (TPSA) is 90.3 Å². The lowest BCUT2D eigenvalue weighted by atomic mass is 10.1. The third-order valence-corrected chi connectivity index (χ3v) is 4.45. The molecule has 1 N–H and O–H groups in total. The van der Waals surface area contributed by atoms with E-state index in [9.17, 15) is 18.8 Å². The number of hydrogen-bond acceptors (Lipinski definition) is 5. The predicted molar refractivity (Wildman–Crippen MR) is 104 cm³/mol. The molecule has 0 aliphatic carbocycles. The number of carbonyl (C=O) groups excluding carboxylic acids is 2. The zero-order chi connectivity index (χ0) is 20.9. The van der Waals surface area contributed by atoms with E-state index in [0.717, 1.165) is 6.07 Å². The summed E-state index contributed by atoms with van der Waals surface area (Å²) in [4.78, 5) is 42.1. The Morgan fingerprint density at radius 2 is 1.97 bits per heavy atom. The maximum atomic E-state index is 13.6. The molecule has 1 aromatic heterocycles. The van der Waals surface area contributed by atoms with Crippen LogP contribution < -0.4 is 10.9 Å². The van der Waals surface area contributed by atoms with Crippen LogP contribution in [-0.4, -0.2) is 27.0 Å². The van der Waals surface area contributed by atoms with E-state index < -0.39 is 28.9 Å². The SMILES string of the molecule is CC(C)(C)OC(=O)NCc1cccc2nc3n(c(=O)c12)-c1ccc(F)cc1C3=O. The van der Waals surface area contributed by atoms with Crippen molar-refractivity contribution in [3.05, 3.63) is 69.5 Å². The zero-order valence-electron chi connectivity index (χ0n) is 16.1. The molecule has 1 amide bonds. The van der Waals surface area contributed by atoms with Crippen LogP contribution in [0.25, 0.3) is 16.6 Å². The first-order valence-electron chi connectivity index (χ1n) is 9.02. The van der Waals surface area contributed by atoms with E-state index in [2.05, 4.69) is 10.3 Å². The smallest absolute Gasteiger partial charge is 0.407 e. The van der Waals surface area contributed by atoms with E-state index in [1.54, 1.807) is 39.0 Å². The van der Waals surface area contributed by atoms with Gasteiger partial charge in [0.05, 0.1) is 22.2 Å². The number of nitrogens with one attached hydrogen (secondary N) is 1. The summed E-state index contributed by atoms with van der Waals surface area (Å²) < 4.78 is 20.0. The van der Waals surface area contributed by atoms with Gasteiger partial charge in [-0.3, -0.25) is 14.2 Å². The Bertz CT molecular complexity index is 1240. The van der Waals surface area contributed by atoms with Crippen molar-refractivity contribution in [2.45, 2.75) is 32.9 Å². The summed E-state index contributed by atoms with van der Waals surface area (Å²) in [7, 11) is 0. The number of rotatable bonds is 2. The number of amides is 1. The molecule has 0 atom stereocenters. The van der Waals surface area contributed by atoms with Crippen LogP contribution >= 0.6 is 0 Å². The van der Waals surface area contributed by atoms with Crippen molar-refractivity contribution in [3.63, 3.8) is 0 Å². The normalized spacial score (nSPS) is 12.6. The summed E-state index contributed by atoms with van der Waals surface area (Å²) in [6.45, 7) is 5.30. The van der Waals surface area contributed by atoms with Gasteiger partial charge in [-0.25, -0.2) is 14.2 Å². The van der Waals surface area contributed by atoms with E-state index in [1.165, 1.54) is 16.7 Å². The summed E-state index contributed by atoms with van der Waals surface area (Å²) in [6, 6.07) is 8.67. The first-order chi connectivity index (χ1) is 13.7. The second kappa shape index (κ2) is 6.51. The van der Waals surface area contributed by atoms with E-state index in [1.807, 2.05) is 0 Å². The zero-order valence-corrected chi connectivity index (χ0v) is 16.1. The molecule has 8 heteroatoms.